The summed E-state index contributed by atoms with van der Waals surface area (Å²) in [6.07, 6.45) is -0.350. The lowest BCUT2D eigenvalue weighted by molar-refractivity contribution is -0.123. The molecule has 1 N–H and O–H groups in total. The zero-order chi connectivity index (χ0) is 16.2. The van der Waals surface area contributed by atoms with E-state index in [1.807, 2.05) is 13.8 Å². The van der Waals surface area contributed by atoms with Crippen LogP contribution in [0.15, 0.2) is 24.3 Å². The van der Waals surface area contributed by atoms with E-state index in [4.69, 9.17) is 21.1 Å². The normalized spacial score (nSPS) is 14.7. The van der Waals surface area contributed by atoms with Gasteiger partial charge in [0.25, 0.3) is 5.91 Å². The average Bonchev–Trinajstić information content (AvgIpc) is 2.92. The second-order valence-corrected chi connectivity index (χ2v) is 6.03. The summed E-state index contributed by atoms with van der Waals surface area (Å²) in [4.78, 5) is 25.0. The summed E-state index contributed by atoms with van der Waals surface area (Å²) in [5.41, 5.74) is -0.510. The first-order chi connectivity index (χ1) is 10.4. The van der Waals surface area contributed by atoms with Crippen molar-refractivity contribution in [3.63, 3.8) is 0 Å². The lowest BCUT2D eigenvalue weighted by atomic mass is 10.0. The number of hydrogen-bond acceptors (Lipinski definition) is 4. The summed E-state index contributed by atoms with van der Waals surface area (Å²) in [7, 11) is 0. The first-order valence-electron chi connectivity index (χ1n) is 6.98. The largest absolute Gasteiger partial charge is 0.484 e. The molecule has 0 atom stereocenters. The monoisotopic (exact) mass is 326 g/mol. The lowest BCUT2D eigenvalue weighted by Gasteiger charge is -2.33. The number of carbonyl (C=O) groups is 2. The highest BCUT2D eigenvalue weighted by Crippen LogP contribution is 2.18. The fraction of sp³-hybridized carbons (Fsp3) is 0.467. The van der Waals surface area contributed by atoms with Crippen LogP contribution in [0.5, 0.6) is 5.75 Å². The number of carbonyl (C=O) groups excluding carboxylic acids is 2. The summed E-state index contributed by atoms with van der Waals surface area (Å²) in [6.45, 7) is 4.89. The molecule has 2 rings (SSSR count). The minimum Gasteiger partial charge on any atom is -0.484 e. The Balaban J connectivity index is 1.77. The van der Waals surface area contributed by atoms with Crippen molar-refractivity contribution in [3.8, 4) is 5.75 Å². The van der Waals surface area contributed by atoms with E-state index in [2.05, 4.69) is 5.32 Å². The summed E-state index contributed by atoms with van der Waals surface area (Å²) in [5.74, 6) is 0.317. The first-order valence-corrected chi connectivity index (χ1v) is 7.36. The van der Waals surface area contributed by atoms with Gasteiger partial charge in [0.15, 0.2) is 6.61 Å². The molecule has 1 heterocycles. The van der Waals surface area contributed by atoms with Gasteiger partial charge in [-0.05, 0) is 38.1 Å². The molecule has 0 aromatic heterocycles. The van der Waals surface area contributed by atoms with Crippen molar-refractivity contribution in [1.29, 1.82) is 0 Å². The minimum absolute atomic E-state index is 0.0951. The van der Waals surface area contributed by atoms with E-state index in [1.54, 1.807) is 29.2 Å². The molecule has 0 spiro atoms. The second kappa shape index (κ2) is 6.87. The van der Waals surface area contributed by atoms with Crippen molar-refractivity contribution < 1.29 is 19.1 Å². The third-order valence-corrected chi connectivity index (χ3v) is 3.65. The topological polar surface area (TPSA) is 67.9 Å². The SMILES string of the molecule is CC(C)(CNC(=O)COc1ccc(Cl)cc1)N1CCOC1=O. The van der Waals surface area contributed by atoms with Gasteiger partial charge in [-0.25, -0.2) is 4.79 Å². The highest BCUT2D eigenvalue weighted by Gasteiger charge is 2.35. The maximum absolute atomic E-state index is 11.8. The van der Waals surface area contributed by atoms with Gasteiger partial charge in [0.1, 0.15) is 12.4 Å². The number of halogens is 1. The highest BCUT2D eigenvalue weighted by molar-refractivity contribution is 6.30. The number of nitrogens with zero attached hydrogens (tertiary/aromatic N) is 1. The average molecular weight is 327 g/mol. The van der Waals surface area contributed by atoms with Crippen LogP contribution < -0.4 is 10.1 Å². The van der Waals surface area contributed by atoms with Crippen molar-refractivity contribution >= 4 is 23.6 Å². The number of ether oxygens (including phenoxy) is 2. The molecule has 2 amide bonds. The van der Waals surface area contributed by atoms with Crippen LogP contribution in [0.25, 0.3) is 0 Å². The van der Waals surface area contributed by atoms with Gasteiger partial charge in [0, 0.05) is 11.6 Å². The van der Waals surface area contributed by atoms with Gasteiger partial charge in [-0.2, -0.15) is 0 Å². The van der Waals surface area contributed by atoms with Gasteiger partial charge in [-0.3, -0.25) is 9.69 Å². The second-order valence-electron chi connectivity index (χ2n) is 5.60. The molecule has 0 aliphatic carbocycles. The van der Waals surface area contributed by atoms with E-state index < -0.39 is 5.54 Å². The zero-order valence-electron chi connectivity index (χ0n) is 12.6. The van der Waals surface area contributed by atoms with Crippen molar-refractivity contribution in [3.05, 3.63) is 29.3 Å². The van der Waals surface area contributed by atoms with E-state index in [0.717, 1.165) is 0 Å². The van der Waals surface area contributed by atoms with Crippen molar-refractivity contribution in [2.75, 3.05) is 26.3 Å². The Hall–Kier alpha value is -1.95. The third kappa shape index (κ3) is 4.27. The predicted octanol–water partition coefficient (Wildman–Crippen LogP) is 2.07. The maximum atomic E-state index is 11.8. The lowest BCUT2D eigenvalue weighted by Crippen LogP contribution is -2.52. The van der Waals surface area contributed by atoms with Gasteiger partial charge < -0.3 is 14.8 Å². The number of cyclic esters (lactones) is 1. The molecule has 7 heteroatoms. The highest BCUT2D eigenvalue weighted by atomic mass is 35.5. The maximum Gasteiger partial charge on any atom is 0.410 e. The fourth-order valence-corrected chi connectivity index (χ4v) is 2.21. The van der Waals surface area contributed by atoms with Gasteiger partial charge in [-0.1, -0.05) is 11.6 Å². The summed E-state index contributed by atoms with van der Waals surface area (Å²) in [5, 5.41) is 3.37. The number of benzene rings is 1. The molecule has 1 aliphatic heterocycles. The number of amides is 2. The molecule has 0 bridgehead atoms. The fourth-order valence-electron chi connectivity index (χ4n) is 2.08. The van der Waals surface area contributed by atoms with Crippen LogP contribution in [0.2, 0.25) is 5.02 Å². The van der Waals surface area contributed by atoms with Gasteiger partial charge in [-0.15, -0.1) is 0 Å². The summed E-state index contributed by atoms with van der Waals surface area (Å²) >= 11 is 5.77. The van der Waals surface area contributed by atoms with Crippen LogP contribution in [0.3, 0.4) is 0 Å². The Bertz CT molecular complexity index is 545. The number of rotatable bonds is 6. The Kier molecular flexibility index (Phi) is 5.13. The number of nitrogens with one attached hydrogen (secondary N) is 1. The standard InChI is InChI=1S/C15H19ClN2O4/c1-15(2,18-7-8-21-14(18)20)10-17-13(19)9-22-12-5-3-11(16)4-6-12/h3-6H,7-10H2,1-2H3,(H,17,19). The van der Waals surface area contributed by atoms with E-state index in [9.17, 15) is 9.59 Å². The Morgan fingerprint density at radius 3 is 2.68 bits per heavy atom. The smallest absolute Gasteiger partial charge is 0.410 e. The van der Waals surface area contributed by atoms with Crippen LogP contribution in [0.1, 0.15) is 13.8 Å². The molecule has 1 fully saturated rings. The third-order valence-electron chi connectivity index (χ3n) is 3.39. The summed E-state index contributed by atoms with van der Waals surface area (Å²) < 4.78 is 10.3. The first kappa shape index (κ1) is 16.4. The van der Waals surface area contributed by atoms with Gasteiger partial charge in [0.2, 0.25) is 0 Å². The van der Waals surface area contributed by atoms with E-state index in [-0.39, 0.29) is 18.6 Å². The van der Waals surface area contributed by atoms with Gasteiger partial charge in [0.05, 0.1) is 12.1 Å². The molecule has 1 aromatic rings. The summed E-state index contributed by atoms with van der Waals surface area (Å²) in [6, 6.07) is 6.77. The quantitative estimate of drug-likeness (QED) is 0.869. The Morgan fingerprint density at radius 1 is 1.41 bits per heavy atom. The molecule has 0 radical (unpaired) electrons. The van der Waals surface area contributed by atoms with E-state index in [1.165, 1.54) is 0 Å². The van der Waals surface area contributed by atoms with Crippen LogP contribution in [-0.2, 0) is 9.53 Å². The molecule has 120 valence electrons. The van der Waals surface area contributed by atoms with Crippen molar-refractivity contribution in [2.45, 2.75) is 19.4 Å². The van der Waals surface area contributed by atoms with Crippen LogP contribution >= 0.6 is 11.6 Å². The molecule has 0 unspecified atom stereocenters. The molecule has 1 aromatic carbocycles. The van der Waals surface area contributed by atoms with Crippen LogP contribution in [0.4, 0.5) is 4.79 Å². The van der Waals surface area contributed by atoms with Crippen molar-refractivity contribution in [1.82, 2.24) is 10.2 Å². The molecule has 1 aliphatic rings. The zero-order valence-corrected chi connectivity index (χ0v) is 13.4. The number of hydrogen-bond donors (Lipinski definition) is 1. The Morgan fingerprint density at radius 2 is 2.09 bits per heavy atom. The predicted molar refractivity (Wildman–Crippen MR) is 82.1 cm³/mol. The minimum atomic E-state index is -0.510. The molecule has 6 nitrogen and oxygen atoms in total. The van der Waals surface area contributed by atoms with Gasteiger partial charge >= 0.3 is 6.09 Å². The van der Waals surface area contributed by atoms with E-state index >= 15 is 0 Å². The molecular weight excluding hydrogens is 308 g/mol. The van der Waals surface area contributed by atoms with Crippen LogP contribution in [0, 0.1) is 0 Å². The van der Waals surface area contributed by atoms with Crippen molar-refractivity contribution in [2.24, 2.45) is 0 Å². The van der Waals surface area contributed by atoms with E-state index in [0.29, 0.717) is 30.5 Å². The molecule has 1 saturated heterocycles. The molecule has 22 heavy (non-hydrogen) atoms. The molecule has 0 saturated carbocycles. The Labute approximate surface area is 134 Å². The molecular formula is C15H19ClN2O4. The van der Waals surface area contributed by atoms with Crippen LogP contribution in [-0.4, -0.2) is 48.7 Å².